The summed E-state index contributed by atoms with van der Waals surface area (Å²) in [6.45, 7) is 0.617. The molecule has 0 aromatic heterocycles. The third-order valence-electron chi connectivity index (χ3n) is 6.87. The van der Waals surface area contributed by atoms with Gasteiger partial charge in [-0.15, -0.1) is 0 Å². The van der Waals surface area contributed by atoms with Gasteiger partial charge in [-0.05, 0) is 66.4 Å². The number of benzene rings is 3. The first-order valence-corrected chi connectivity index (χ1v) is 12.4. The van der Waals surface area contributed by atoms with E-state index in [-0.39, 0.29) is 5.91 Å². The van der Waals surface area contributed by atoms with E-state index in [1.807, 2.05) is 82.8 Å². The van der Waals surface area contributed by atoms with E-state index in [1.54, 1.807) is 7.11 Å². The Morgan fingerprint density at radius 3 is 2.64 bits per heavy atom. The molecule has 0 N–H and O–H groups in total. The van der Waals surface area contributed by atoms with Crippen molar-refractivity contribution < 1.29 is 14.3 Å². The van der Waals surface area contributed by atoms with E-state index < -0.39 is 6.04 Å². The first kappa shape index (κ1) is 22.5. The third kappa shape index (κ3) is 3.86. The van der Waals surface area contributed by atoms with Crippen molar-refractivity contribution in [3.05, 3.63) is 130 Å². The lowest BCUT2D eigenvalue weighted by molar-refractivity contribution is -0.0253. The number of fused-ring (bicyclic) bond motifs is 3. The van der Waals surface area contributed by atoms with E-state index in [4.69, 9.17) is 21.1 Å². The zero-order valence-corrected chi connectivity index (χ0v) is 20.6. The minimum Gasteiger partial charge on any atom is -0.497 e. The van der Waals surface area contributed by atoms with E-state index in [1.165, 1.54) is 5.57 Å². The quantitative estimate of drug-likeness (QED) is 0.405. The van der Waals surface area contributed by atoms with Crippen molar-refractivity contribution in [2.24, 2.45) is 0 Å². The molecule has 5 nitrogen and oxygen atoms in total. The van der Waals surface area contributed by atoms with Gasteiger partial charge >= 0.3 is 0 Å². The highest BCUT2D eigenvalue weighted by atomic mass is 35.5. The van der Waals surface area contributed by atoms with Crippen molar-refractivity contribution in [1.29, 1.82) is 0 Å². The van der Waals surface area contributed by atoms with Crippen molar-refractivity contribution in [3.63, 3.8) is 0 Å². The van der Waals surface area contributed by atoms with Gasteiger partial charge in [0.1, 0.15) is 17.5 Å². The summed E-state index contributed by atoms with van der Waals surface area (Å²) in [4.78, 5) is 14.3. The predicted octanol–water partition coefficient (Wildman–Crippen LogP) is 6.69. The second-order valence-corrected chi connectivity index (χ2v) is 9.39. The molecule has 2 aliphatic heterocycles. The molecule has 6 rings (SSSR count). The van der Waals surface area contributed by atoms with E-state index in [0.717, 1.165) is 35.3 Å². The largest absolute Gasteiger partial charge is 0.497 e. The fourth-order valence-corrected chi connectivity index (χ4v) is 5.29. The summed E-state index contributed by atoms with van der Waals surface area (Å²) in [5, 5.41) is 4.45. The number of methoxy groups -OCH3 is 1. The molecule has 0 saturated heterocycles. The molecule has 1 unspecified atom stereocenters. The van der Waals surface area contributed by atoms with Crippen LogP contribution >= 0.6 is 11.6 Å². The molecular weight excluding hydrogens is 472 g/mol. The fraction of sp³-hybridized carbons (Fsp3) is 0.167. The second kappa shape index (κ2) is 9.25. The molecule has 3 aromatic carbocycles. The molecule has 0 spiro atoms. The number of hydrogen-bond acceptors (Lipinski definition) is 4. The second-order valence-electron chi connectivity index (χ2n) is 8.96. The number of ether oxygens (including phenoxy) is 2. The van der Waals surface area contributed by atoms with Crippen LogP contribution in [-0.4, -0.2) is 29.6 Å². The Labute approximate surface area is 215 Å². The monoisotopic (exact) mass is 496 g/mol. The highest BCUT2D eigenvalue weighted by Gasteiger charge is 2.42. The molecule has 0 bridgehead atoms. The molecule has 0 fully saturated rings. The summed E-state index contributed by atoms with van der Waals surface area (Å²) in [6, 6.07) is 22.4. The van der Waals surface area contributed by atoms with Gasteiger partial charge in [-0.3, -0.25) is 4.79 Å². The van der Waals surface area contributed by atoms with Crippen LogP contribution in [-0.2, 0) is 0 Å². The summed E-state index contributed by atoms with van der Waals surface area (Å²) in [5.74, 6) is 2.03. The lowest BCUT2D eigenvalue weighted by Crippen LogP contribution is -2.50. The van der Waals surface area contributed by atoms with Crippen molar-refractivity contribution in [3.8, 4) is 11.5 Å². The summed E-state index contributed by atoms with van der Waals surface area (Å²) >= 11 is 6.52. The Kier molecular flexibility index (Phi) is 5.78. The lowest BCUT2D eigenvalue weighted by Gasteiger charge is -2.43. The smallest absolute Gasteiger partial charge is 0.273 e. The topological polar surface area (TPSA) is 42.0 Å². The Morgan fingerprint density at radius 2 is 1.86 bits per heavy atom. The molecule has 2 heterocycles. The molecule has 1 atom stereocenters. The first-order valence-electron chi connectivity index (χ1n) is 12.0. The van der Waals surface area contributed by atoms with Gasteiger partial charge in [-0.2, -0.15) is 0 Å². The van der Waals surface area contributed by atoms with Gasteiger partial charge in [0, 0.05) is 28.3 Å². The van der Waals surface area contributed by atoms with Gasteiger partial charge in [-0.25, -0.2) is 10.0 Å². The van der Waals surface area contributed by atoms with Crippen LogP contribution in [0.1, 0.15) is 40.4 Å². The molecule has 1 aliphatic carbocycles. The highest BCUT2D eigenvalue weighted by molar-refractivity contribution is 6.30. The van der Waals surface area contributed by atoms with Crippen LogP contribution in [0.5, 0.6) is 11.5 Å². The predicted molar refractivity (Wildman–Crippen MR) is 140 cm³/mol. The van der Waals surface area contributed by atoms with E-state index in [2.05, 4.69) is 18.2 Å². The van der Waals surface area contributed by atoms with Crippen LogP contribution in [0.25, 0.3) is 0 Å². The number of amides is 1. The molecule has 36 heavy (non-hydrogen) atoms. The van der Waals surface area contributed by atoms with E-state index in [0.29, 0.717) is 28.8 Å². The molecule has 3 aliphatic rings. The number of rotatable bonds is 3. The standard InChI is InChI=1S/C30H25ClN2O3/c1-35-24-14-11-21(12-15-24)28-26-19-23(31)13-16-27(26)36-30-25-10-6-5-7-20(25)17-18-32(30)33(28)29(34)22-8-3-2-4-9-22/h2-9,11-16,19,28H,10,17-18H2,1H3. The normalized spacial score (nSPS) is 18.4. The van der Waals surface area contributed by atoms with E-state index >= 15 is 0 Å². The molecule has 1 amide bonds. The van der Waals surface area contributed by atoms with Gasteiger partial charge in [0.2, 0.25) is 5.88 Å². The number of hydrogen-bond donors (Lipinski definition) is 0. The number of nitrogens with zero attached hydrogens (tertiary/aromatic N) is 2. The van der Waals surface area contributed by atoms with Crippen molar-refractivity contribution in [2.45, 2.75) is 18.9 Å². The third-order valence-corrected chi connectivity index (χ3v) is 7.10. The van der Waals surface area contributed by atoms with Gasteiger partial charge in [0.25, 0.3) is 5.91 Å². The average Bonchev–Trinajstić information content (AvgIpc) is 3.07. The molecule has 3 aromatic rings. The molecule has 0 saturated carbocycles. The van der Waals surface area contributed by atoms with Crippen LogP contribution < -0.4 is 9.47 Å². The van der Waals surface area contributed by atoms with Gasteiger partial charge in [-0.1, -0.05) is 60.2 Å². The fourth-order valence-electron chi connectivity index (χ4n) is 5.11. The SMILES string of the molecule is COc1ccc(C2c3cc(Cl)ccc3OC3=C4CC=CC=C4CCN3N2C(=O)c2ccccc2)cc1. The van der Waals surface area contributed by atoms with Crippen LogP contribution in [0.2, 0.25) is 5.02 Å². The maximum atomic E-state index is 14.3. The minimum absolute atomic E-state index is 0.107. The number of hydrazine groups is 1. The number of allylic oxidation sites excluding steroid dienone is 4. The molecular formula is C30H25ClN2O3. The Hall–Kier alpha value is -3.96. The summed E-state index contributed by atoms with van der Waals surface area (Å²) in [6.07, 6.45) is 7.92. The maximum Gasteiger partial charge on any atom is 0.273 e. The van der Waals surface area contributed by atoms with Crippen LogP contribution in [0.4, 0.5) is 0 Å². The lowest BCUT2D eigenvalue weighted by atomic mass is 9.93. The number of halogens is 1. The highest BCUT2D eigenvalue weighted by Crippen LogP contribution is 2.46. The number of carbonyl (C=O) groups excluding carboxylic acids is 1. The minimum atomic E-state index is -0.458. The summed E-state index contributed by atoms with van der Waals surface area (Å²) in [7, 11) is 1.64. The van der Waals surface area contributed by atoms with Crippen molar-refractivity contribution in [2.75, 3.05) is 13.7 Å². The first-order chi connectivity index (χ1) is 17.6. The average molecular weight is 497 g/mol. The molecule has 6 heteroatoms. The van der Waals surface area contributed by atoms with E-state index in [9.17, 15) is 4.79 Å². The summed E-state index contributed by atoms with van der Waals surface area (Å²) < 4.78 is 12.1. The van der Waals surface area contributed by atoms with Crippen molar-refractivity contribution >= 4 is 17.5 Å². The van der Waals surface area contributed by atoms with Crippen LogP contribution in [0.3, 0.4) is 0 Å². The molecule has 180 valence electrons. The Balaban J connectivity index is 1.61. The van der Waals surface area contributed by atoms with Gasteiger partial charge in [0.05, 0.1) is 7.11 Å². The Bertz CT molecular complexity index is 1410. The van der Waals surface area contributed by atoms with Crippen LogP contribution in [0.15, 0.2) is 108 Å². The van der Waals surface area contributed by atoms with Gasteiger partial charge in [0.15, 0.2) is 0 Å². The maximum absolute atomic E-state index is 14.3. The zero-order chi connectivity index (χ0) is 24.6. The summed E-state index contributed by atoms with van der Waals surface area (Å²) in [5.41, 5.74) is 4.72. The number of carbonyl (C=O) groups is 1. The zero-order valence-electron chi connectivity index (χ0n) is 19.9. The Morgan fingerprint density at radius 1 is 1.06 bits per heavy atom. The van der Waals surface area contributed by atoms with Gasteiger partial charge < -0.3 is 9.47 Å². The van der Waals surface area contributed by atoms with Crippen LogP contribution in [0, 0.1) is 0 Å². The molecule has 0 radical (unpaired) electrons. The van der Waals surface area contributed by atoms with Crippen molar-refractivity contribution in [1.82, 2.24) is 10.0 Å².